The van der Waals surface area contributed by atoms with Gasteiger partial charge in [-0.15, -0.1) is 0 Å². The second-order valence-corrected chi connectivity index (χ2v) is 7.24. The van der Waals surface area contributed by atoms with E-state index < -0.39 is 23.3 Å². The average molecular weight is 443 g/mol. The molecule has 0 radical (unpaired) electrons. The quantitative estimate of drug-likeness (QED) is 0.497. The number of H-pyrrole nitrogens is 1. The molecule has 28 heavy (non-hydrogen) atoms. The third-order valence-corrected chi connectivity index (χ3v) is 5.01. The van der Waals surface area contributed by atoms with Crippen LogP contribution in [0.25, 0.3) is 0 Å². The van der Waals surface area contributed by atoms with Gasteiger partial charge >= 0.3 is 11.7 Å². The summed E-state index contributed by atoms with van der Waals surface area (Å²) in [5, 5.41) is 15.5. The number of aromatic nitrogens is 2. The lowest BCUT2D eigenvalue weighted by atomic mass is 9.97. The summed E-state index contributed by atoms with van der Waals surface area (Å²) in [6, 6.07) is 12.4. The normalized spacial score (nSPS) is 15.5. The fraction of sp³-hybridized carbons (Fsp3) is 0.105. The molecular formula is C19H15BrN4O4. The van der Waals surface area contributed by atoms with Crippen LogP contribution in [0.2, 0.25) is 0 Å². The van der Waals surface area contributed by atoms with Gasteiger partial charge in [0.05, 0.1) is 18.2 Å². The van der Waals surface area contributed by atoms with Crippen LogP contribution in [0.3, 0.4) is 0 Å². The molecule has 0 fully saturated rings. The van der Waals surface area contributed by atoms with E-state index in [2.05, 4.69) is 31.5 Å². The maximum Gasteiger partial charge on any atom is 0.330 e. The van der Waals surface area contributed by atoms with E-state index in [4.69, 9.17) is 0 Å². The summed E-state index contributed by atoms with van der Waals surface area (Å²) < 4.78 is 1.97. The molecule has 2 amide bonds. The van der Waals surface area contributed by atoms with Crippen LogP contribution in [0.15, 0.2) is 62.6 Å². The Morgan fingerprint density at radius 3 is 2.57 bits per heavy atom. The molecule has 142 valence electrons. The maximum atomic E-state index is 12.6. The number of phenols is 1. The number of anilines is 1. The maximum absolute atomic E-state index is 12.6. The number of hydrogen-bond donors (Lipinski definition) is 4. The highest BCUT2D eigenvalue weighted by Gasteiger charge is 2.33. The fourth-order valence-electron chi connectivity index (χ4n) is 3.24. The highest BCUT2D eigenvalue weighted by atomic mass is 79.9. The topological polar surface area (TPSA) is 116 Å². The first-order chi connectivity index (χ1) is 13.4. The van der Waals surface area contributed by atoms with Gasteiger partial charge in [0.2, 0.25) is 0 Å². The molecule has 1 aromatic heterocycles. The van der Waals surface area contributed by atoms with E-state index in [9.17, 15) is 19.5 Å². The van der Waals surface area contributed by atoms with Crippen LogP contribution in [-0.2, 0) is 6.54 Å². The monoisotopic (exact) mass is 442 g/mol. The van der Waals surface area contributed by atoms with Crippen molar-refractivity contribution in [2.75, 3.05) is 5.32 Å². The number of aromatic hydroxyl groups is 1. The number of phenolic OH excluding ortho intramolecular Hbond substituents is 1. The first-order valence-corrected chi connectivity index (χ1v) is 9.20. The molecule has 8 nitrogen and oxygen atoms in total. The molecule has 4 rings (SSSR count). The number of nitrogens with zero attached hydrogens (tertiary/aromatic N) is 1. The third-order valence-electron chi connectivity index (χ3n) is 4.52. The minimum absolute atomic E-state index is 0.0819. The zero-order chi connectivity index (χ0) is 19.8. The number of carbonyl (C=O) groups excluding carboxylic acids is 1. The molecule has 4 N–H and O–H groups in total. The first kappa shape index (κ1) is 18.1. The van der Waals surface area contributed by atoms with Crippen LogP contribution < -0.4 is 21.9 Å². The zero-order valence-corrected chi connectivity index (χ0v) is 16.0. The summed E-state index contributed by atoms with van der Waals surface area (Å²) in [5.41, 5.74) is 0.0334. The summed E-state index contributed by atoms with van der Waals surface area (Å²) in [6.07, 6.45) is 0. The minimum atomic E-state index is -0.923. The smallest absolute Gasteiger partial charge is 0.330 e. The third kappa shape index (κ3) is 3.20. The second kappa shape index (κ2) is 7.01. The Hall–Kier alpha value is -3.33. The van der Waals surface area contributed by atoms with E-state index in [1.165, 1.54) is 10.6 Å². The van der Waals surface area contributed by atoms with Crippen molar-refractivity contribution >= 4 is 27.8 Å². The molecule has 0 spiro atoms. The van der Waals surface area contributed by atoms with Crippen LogP contribution in [0.5, 0.6) is 5.75 Å². The number of nitrogens with one attached hydrogen (secondary N) is 3. The Morgan fingerprint density at radius 1 is 1.07 bits per heavy atom. The summed E-state index contributed by atoms with van der Waals surface area (Å²) in [6.45, 7) is 0.163. The SMILES string of the molecule is O=C1Nc2c(c(=O)[nH]c(=O)n2Cc2ccccc2)C(c2cc(Br)ccc2O)N1. The molecule has 0 saturated carbocycles. The Kier molecular flexibility index (Phi) is 4.52. The van der Waals surface area contributed by atoms with Gasteiger partial charge in [0.25, 0.3) is 5.56 Å². The second-order valence-electron chi connectivity index (χ2n) is 6.33. The van der Waals surface area contributed by atoms with E-state index in [-0.39, 0.29) is 23.7 Å². The molecule has 1 unspecified atom stereocenters. The standard InChI is InChI=1S/C19H15BrN4O4/c20-11-6-7-13(25)12(8-11)15-14-16(22-18(27)21-15)24(19(28)23-17(14)26)9-10-4-2-1-3-5-10/h1-8,15,25H,9H2,(H2,21,22,27)(H,23,26,28). The number of amides is 2. The van der Waals surface area contributed by atoms with Crippen LogP contribution >= 0.6 is 15.9 Å². The predicted molar refractivity (Wildman–Crippen MR) is 107 cm³/mol. The molecule has 1 aliphatic rings. The molecule has 0 saturated heterocycles. The Morgan fingerprint density at radius 2 is 1.82 bits per heavy atom. The van der Waals surface area contributed by atoms with E-state index in [1.807, 2.05) is 30.3 Å². The van der Waals surface area contributed by atoms with Gasteiger partial charge in [0.15, 0.2) is 0 Å². The summed E-state index contributed by atoms with van der Waals surface area (Å²) in [4.78, 5) is 39.7. The van der Waals surface area contributed by atoms with Crippen LogP contribution in [0.1, 0.15) is 22.7 Å². The molecule has 0 aliphatic carbocycles. The van der Waals surface area contributed by atoms with Crippen LogP contribution in [0, 0.1) is 0 Å². The Bertz CT molecular complexity index is 1190. The molecule has 9 heteroatoms. The van der Waals surface area contributed by atoms with Gasteiger partial charge in [-0.1, -0.05) is 46.3 Å². The molecular weight excluding hydrogens is 428 g/mol. The average Bonchev–Trinajstić information content (AvgIpc) is 2.67. The largest absolute Gasteiger partial charge is 0.508 e. The predicted octanol–water partition coefficient (Wildman–Crippen LogP) is 2.28. The number of rotatable bonds is 3. The van der Waals surface area contributed by atoms with Crippen molar-refractivity contribution in [3.8, 4) is 5.75 Å². The van der Waals surface area contributed by atoms with E-state index in [1.54, 1.807) is 12.1 Å². The van der Waals surface area contributed by atoms with Crippen molar-refractivity contribution in [2.24, 2.45) is 0 Å². The van der Waals surface area contributed by atoms with Crippen LogP contribution in [-0.4, -0.2) is 20.7 Å². The number of carbonyl (C=O) groups is 1. The highest BCUT2D eigenvalue weighted by molar-refractivity contribution is 9.10. The number of benzene rings is 2. The Balaban J connectivity index is 1.93. The fourth-order valence-corrected chi connectivity index (χ4v) is 3.62. The molecule has 0 bridgehead atoms. The van der Waals surface area contributed by atoms with Gasteiger partial charge < -0.3 is 10.4 Å². The van der Waals surface area contributed by atoms with Crippen molar-refractivity contribution in [2.45, 2.75) is 12.6 Å². The number of urea groups is 1. The molecule has 1 atom stereocenters. The van der Waals surface area contributed by atoms with Crippen LogP contribution in [0.4, 0.5) is 10.6 Å². The summed E-state index contributed by atoms with van der Waals surface area (Å²) >= 11 is 3.33. The van der Waals surface area contributed by atoms with E-state index in [0.29, 0.717) is 10.0 Å². The van der Waals surface area contributed by atoms with Gasteiger partial charge in [-0.3, -0.25) is 19.7 Å². The molecule has 1 aliphatic heterocycles. The zero-order valence-electron chi connectivity index (χ0n) is 14.4. The van der Waals surface area contributed by atoms with E-state index >= 15 is 0 Å². The lowest BCUT2D eigenvalue weighted by Crippen LogP contribution is -2.46. The summed E-state index contributed by atoms with van der Waals surface area (Å²) in [5.74, 6) is 0.0206. The molecule has 2 heterocycles. The van der Waals surface area contributed by atoms with Gasteiger partial charge in [-0.2, -0.15) is 0 Å². The van der Waals surface area contributed by atoms with Gasteiger partial charge in [0, 0.05) is 10.0 Å². The van der Waals surface area contributed by atoms with Crippen molar-refractivity contribution in [3.63, 3.8) is 0 Å². The lowest BCUT2D eigenvalue weighted by Gasteiger charge is -2.29. The Labute approximate surface area is 167 Å². The molecule has 2 aromatic carbocycles. The highest BCUT2D eigenvalue weighted by Crippen LogP contribution is 2.34. The number of fused-ring (bicyclic) bond motifs is 1. The van der Waals surface area contributed by atoms with Gasteiger partial charge in [-0.25, -0.2) is 9.59 Å². The van der Waals surface area contributed by atoms with Crippen molar-refractivity contribution in [3.05, 3.63) is 90.5 Å². The number of halogens is 1. The number of aromatic amines is 1. The van der Waals surface area contributed by atoms with Crippen molar-refractivity contribution < 1.29 is 9.90 Å². The minimum Gasteiger partial charge on any atom is -0.508 e. The number of hydrogen-bond acceptors (Lipinski definition) is 4. The van der Waals surface area contributed by atoms with Crippen molar-refractivity contribution in [1.29, 1.82) is 0 Å². The van der Waals surface area contributed by atoms with Gasteiger partial charge in [-0.05, 0) is 23.8 Å². The van der Waals surface area contributed by atoms with Crippen molar-refractivity contribution in [1.82, 2.24) is 14.9 Å². The first-order valence-electron chi connectivity index (χ1n) is 8.41. The lowest BCUT2D eigenvalue weighted by molar-refractivity contribution is 0.248. The van der Waals surface area contributed by atoms with Gasteiger partial charge in [0.1, 0.15) is 11.6 Å². The van der Waals surface area contributed by atoms with E-state index in [0.717, 1.165) is 5.56 Å². The summed E-state index contributed by atoms with van der Waals surface area (Å²) in [7, 11) is 0. The molecule has 3 aromatic rings.